The smallest absolute Gasteiger partial charge is 0.282 e. The van der Waals surface area contributed by atoms with Gasteiger partial charge in [-0.25, -0.2) is 5.43 Å². The molecular formula is C20H24N4O5. The van der Waals surface area contributed by atoms with Crippen LogP contribution < -0.4 is 20.2 Å². The van der Waals surface area contributed by atoms with E-state index in [1.165, 1.54) is 32.6 Å². The van der Waals surface area contributed by atoms with E-state index in [0.29, 0.717) is 5.75 Å². The number of carbonyl (C=O) groups excluding carboxylic acids is 1. The average Bonchev–Trinajstić information content (AvgIpc) is 2.66. The number of benzene rings is 2. The van der Waals surface area contributed by atoms with Gasteiger partial charge in [-0.15, -0.1) is 0 Å². The lowest BCUT2D eigenvalue weighted by molar-refractivity contribution is -0.385. The molecule has 9 heteroatoms. The zero-order valence-electron chi connectivity index (χ0n) is 17.0. The van der Waals surface area contributed by atoms with Gasteiger partial charge < -0.3 is 14.8 Å². The standard InChI is InChI=1S/C20H24N4O5/c1-12-6-13(2)20(14(3)7-12)21-11-19(25)23-22-10-15-8-17(28-4)18(29-5)9-16(15)24(26)27/h6-10,21H,11H2,1-5H3,(H,23,25)/b22-10-. The quantitative estimate of drug-likeness (QED) is 0.400. The third-order valence-corrected chi connectivity index (χ3v) is 4.23. The van der Waals surface area contributed by atoms with Crippen molar-refractivity contribution in [2.75, 3.05) is 26.1 Å². The number of hydrogen-bond acceptors (Lipinski definition) is 7. The lowest BCUT2D eigenvalue weighted by atomic mass is 10.1. The number of carbonyl (C=O) groups is 1. The van der Waals surface area contributed by atoms with Gasteiger partial charge in [-0.3, -0.25) is 14.9 Å². The van der Waals surface area contributed by atoms with Crippen molar-refractivity contribution in [2.45, 2.75) is 20.8 Å². The fraction of sp³-hybridized carbons (Fsp3) is 0.300. The van der Waals surface area contributed by atoms with Gasteiger partial charge in [-0.2, -0.15) is 5.10 Å². The molecule has 0 unspecified atom stereocenters. The summed E-state index contributed by atoms with van der Waals surface area (Å²) in [7, 11) is 2.81. The van der Waals surface area contributed by atoms with Crippen molar-refractivity contribution < 1.29 is 19.2 Å². The molecule has 0 saturated carbocycles. The second-order valence-electron chi connectivity index (χ2n) is 6.44. The number of amides is 1. The van der Waals surface area contributed by atoms with Gasteiger partial charge >= 0.3 is 0 Å². The van der Waals surface area contributed by atoms with Crippen LogP contribution in [0.25, 0.3) is 0 Å². The van der Waals surface area contributed by atoms with Crippen LogP contribution in [-0.2, 0) is 4.79 Å². The van der Waals surface area contributed by atoms with Crippen LogP contribution in [0.3, 0.4) is 0 Å². The van der Waals surface area contributed by atoms with Crippen molar-refractivity contribution in [2.24, 2.45) is 5.10 Å². The number of nitrogens with one attached hydrogen (secondary N) is 2. The van der Waals surface area contributed by atoms with Gasteiger partial charge in [-0.05, 0) is 38.0 Å². The SMILES string of the molecule is COc1cc(/C=N\NC(=O)CNc2c(C)cc(C)cc2C)c([N+](=O)[O-])cc1OC. The molecular weight excluding hydrogens is 376 g/mol. The van der Waals surface area contributed by atoms with E-state index in [0.717, 1.165) is 22.4 Å². The van der Waals surface area contributed by atoms with Gasteiger partial charge in [0, 0.05) is 5.69 Å². The number of nitrogens with zero attached hydrogens (tertiary/aromatic N) is 2. The van der Waals surface area contributed by atoms with Gasteiger partial charge in [0.25, 0.3) is 11.6 Å². The van der Waals surface area contributed by atoms with Crippen molar-refractivity contribution in [1.29, 1.82) is 0 Å². The van der Waals surface area contributed by atoms with Crippen LogP contribution in [0.15, 0.2) is 29.4 Å². The molecule has 0 aliphatic heterocycles. The highest BCUT2D eigenvalue weighted by molar-refractivity contribution is 5.88. The largest absolute Gasteiger partial charge is 0.493 e. The number of hydrogen-bond donors (Lipinski definition) is 2. The van der Waals surface area contributed by atoms with E-state index in [2.05, 4.69) is 15.8 Å². The highest BCUT2D eigenvalue weighted by Crippen LogP contribution is 2.33. The summed E-state index contributed by atoms with van der Waals surface area (Å²) in [4.78, 5) is 22.8. The van der Waals surface area contributed by atoms with E-state index in [1.54, 1.807) is 0 Å². The summed E-state index contributed by atoms with van der Waals surface area (Å²) in [5, 5.41) is 18.2. The Kier molecular flexibility index (Phi) is 7.13. The van der Waals surface area contributed by atoms with Gasteiger partial charge in [0.15, 0.2) is 11.5 Å². The zero-order valence-corrected chi connectivity index (χ0v) is 17.0. The Bertz CT molecular complexity index is 933. The van der Waals surface area contributed by atoms with E-state index >= 15 is 0 Å². The normalized spacial score (nSPS) is 10.7. The molecule has 0 heterocycles. The molecule has 0 aliphatic carbocycles. The fourth-order valence-electron chi connectivity index (χ4n) is 2.99. The minimum atomic E-state index is -0.560. The maximum absolute atomic E-state index is 12.1. The predicted octanol–water partition coefficient (Wildman–Crippen LogP) is 3.10. The lowest BCUT2D eigenvalue weighted by Gasteiger charge is -2.13. The number of anilines is 1. The highest BCUT2D eigenvalue weighted by atomic mass is 16.6. The predicted molar refractivity (Wildman–Crippen MR) is 111 cm³/mol. The molecule has 9 nitrogen and oxygen atoms in total. The Balaban J connectivity index is 2.08. The number of methoxy groups -OCH3 is 2. The van der Waals surface area contributed by atoms with Gasteiger partial charge in [0.05, 0.1) is 43.5 Å². The van der Waals surface area contributed by atoms with E-state index in [1.807, 2.05) is 32.9 Å². The van der Waals surface area contributed by atoms with Crippen LogP contribution in [0.4, 0.5) is 11.4 Å². The number of hydrazone groups is 1. The number of ether oxygens (including phenoxy) is 2. The first kappa shape index (κ1) is 21.7. The molecule has 29 heavy (non-hydrogen) atoms. The van der Waals surface area contributed by atoms with Crippen LogP contribution in [0.1, 0.15) is 22.3 Å². The maximum Gasteiger partial charge on any atom is 0.282 e. The second-order valence-corrected chi connectivity index (χ2v) is 6.44. The summed E-state index contributed by atoms with van der Waals surface area (Å²) < 4.78 is 10.2. The van der Waals surface area contributed by atoms with E-state index in [4.69, 9.17) is 9.47 Å². The second kappa shape index (κ2) is 9.54. The molecule has 0 bridgehead atoms. The molecule has 2 aromatic carbocycles. The average molecular weight is 400 g/mol. The van der Waals surface area contributed by atoms with Gasteiger partial charge in [0.1, 0.15) is 0 Å². The third-order valence-electron chi connectivity index (χ3n) is 4.23. The van der Waals surface area contributed by atoms with Crippen molar-refractivity contribution in [3.63, 3.8) is 0 Å². The summed E-state index contributed by atoms with van der Waals surface area (Å²) in [6, 6.07) is 6.72. The molecule has 1 amide bonds. The van der Waals surface area contributed by atoms with Crippen molar-refractivity contribution in [3.05, 3.63) is 56.6 Å². The van der Waals surface area contributed by atoms with E-state index in [9.17, 15) is 14.9 Å². The highest BCUT2D eigenvalue weighted by Gasteiger charge is 2.18. The Labute approximate surface area is 168 Å². The summed E-state index contributed by atoms with van der Waals surface area (Å²) in [6.45, 7) is 5.96. The molecule has 154 valence electrons. The molecule has 0 saturated heterocycles. The fourth-order valence-corrected chi connectivity index (χ4v) is 2.99. The van der Waals surface area contributed by atoms with E-state index in [-0.39, 0.29) is 29.5 Å². The van der Waals surface area contributed by atoms with Crippen molar-refractivity contribution in [1.82, 2.24) is 5.43 Å². The Morgan fingerprint density at radius 2 is 1.69 bits per heavy atom. The first-order chi connectivity index (χ1) is 13.8. The van der Waals surface area contributed by atoms with Crippen LogP contribution in [-0.4, -0.2) is 37.8 Å². The molecule has 2 N–H and O–H groups in total. The maximum atomic E-state index is 12.1. The molecule has 0 fully saturated rings. The molecule has 0 aromatic heterocycles. The first-order valence-electron chi connectivity index (χ1n) is 8.80. The van der Waals surface area contributed by atoms with E-state index < -0.39 is 4.92 Å². The van der Waals surface area contributed by atoms with Gasteiger partial charge in [0.2, 0.25) is 0 Å². The summed E-state index contributed by atoms with van der Waals surface area (Å²) >= 11 is 0. The first-order valence-corrected chi connectivity index (χ1v) is 8.80. The number of rotatable bonds is 8. The monoisotopic (exact) mass is 400 g/mol. The number of nitro groups is 1. The Morgan fingerprint density at radius 3 is 2.24 bits per heavy atom. The number of nitro benzene ring substituents is 1. The van der Waals surface area contributed by atoms with Crippen molar-refractivity contribution >= 4 is 23.5 Å². The minimum Gasteiger partial charge on any atom is -0.493 e. The molecule has 0 radical (unpaired) electrons. The minimum absolute atomic E-state index is 0.0100. The molecule has 0 spiro atoms. The van der Waals surface area contributed by atoms with Gasteiger partial charge in [-0.1, -0.05) is 17.7 Å². The summed E-state index contributed by atoms with van der Waals surface area (Å²) in [6.07, 6.45) is 1.19. The lowest BCUT2D eigenvalue weighted by Crippen LogP contribution is -2.26. The van der Waals surface area contributed by atoms with Crippen LogP contribution in [0.5, 0.6) is 11.5 Å². The van der Waals surface area contributed by atoms with Crippen LogP contribution in [0.2, 0.25) is 0 Å². The molecule has 0 aliphatic rings. The number of aryl methyl sites for hydroxylation is 3. The Morgan fingerprint density at radius 1 is 1.10 bits per heavy atom. The molecule has 2 aromatic rings. The molecule has 0 atom stereocenters. The molecule has 2 rings (SSSR count). The third kappa shape index (κ3) is 5.44. The van der Waals surface area contributed by atoms with Crippen LogP contribution >= 0.6 is 0 Å². The summed E-state index contributed by atoms with van der Waals surface area (Å²) in [5.41, 5.74) is 6.44. The topological polar surface area (TPSA) is 115 Å². The zero-order chi connectivity index (χ0) is 21.6. The summed E-state index contributed by atoms with van der Waals surface area (Å²) in [5.74, 6) is 0.162. The van der Waals surface area contributed by atoms with Crippen molar-refractivity contribution in [3.8, 4) is 11.5 Å². The Hall–Kier alpha value is -3.62. The van der Waals surface area contributed by atoms with Crippen LogP contribution in [0, 0.1) is 30.9 Å².